The highest BCUT2D eigenvalue weighted by Gasteiger charge is 2.30. The van der Waals surface area contributed by atoms with E-state index < -0.39 is 35.7 Å². The number of rotatable bonds is 18. The van der Waals surface area contributed by atoms with E-state index in [1.807, 2.05) is 88.6 Å². The Labute approximate surface area is 326 Å². The first kappa shape index (κ1) is 44.7. The summed E-state index contributed by atoms with van der Waals surface area (Å²) in [7, 11) is 3.03. The van der Waals surface area contributed by atoms with Gasteiger partial charge < -0.3 is 31.2 Å². The number of H-pyrrole nitrogens is 2. The molecule has 304 valence electrons. The summed E-state index contributed by atoms with van der Waals surface area (Å²) in [6.45, 7) is 7.78. The number of hydrogen-bond acceptors (Lipinski definition) is 8. The van der Waals surface area contributed by atoms with Gasteiger partial charge in [-0.15, -0.1) is 0 Å². The molecule has 0 aliphatic heterocycles. The summed E-state index contributed by atoms with van der Waals surface area (Å²) >= 11 is 0. The molecule has 0 aliphatic rings. The van der Waals surface area contributed by atoms with E-state index in [1.165, 1.54) is 14.1 Å². The first-order chi connectivity index (χ1) is 26.7. The Hall–Kier alpha value is -5.74. The van der Waals surface area contributed by atoms with E-state index in [-0.39, 0.29) is 48.3 Å². The number of fused-ring (bicyclic) bond motifs is 2. The van der Waals surface area contributed by atoms with Gasteiger partial charge in [0.15, 0.2) is 0 Å². The zero-order valence-corrected chi connectivity index (χ0v) is 32.8. The zero-order valence-electron chi connectivity index (χ0n) is 32.8. The maximum atomic E-state index is 12.8. The first-order valence-electron chi connectivity index (χ1n) is 18.7. The summed E-state index contributed by atoms with van der Waals surface area (Å²) in [4.78, 5) is 79.8. The number of aromatic amines is 2. The Kier molecular flexibility index (Phi) is 17.5. The van der Waals surface area contributed by atoms with Gasteiger partial charge in [0.1, 0.15) is 12.1 Å². The molecule has 16 nitrogen and oxygen atoms in total. The van der Waals surface area contributed by atoms with E-state index in [9.17, 15) is 28.8 Å². The second kappa shape index (κ2) is 22.0. The second-order valence-electron chi connectivity index (χ2n) is 14.6. The van der Waals surface area contributed by atoms with Crippen molar-refractivity contribution in [3.8, 4) is 0 Å². The molecule has 0 bridgehead atoms. The molecule has 0 fully saturated rings. The summed E-state index contributed by atoms with van der Waals surface area (Å²) in [6.07, 6.45) is 4.93. The van der Waals surface area contributed by atoms with Crippen LogP contribution >= 0.6 is 0 Å². The number of carbonyl (C=O) groups excluding carboxylic acids is 6. The van der Waals surface area contributed by atoms with Crippen LogP contribution in [-0.2, 0) is 41.6 Å². The molecule has 2 heterocycles. The standard InChI is InChI=1S/2C20H28N4O4/c2*1-12(2)8-13(10-18(25)24-28)19(26)23-17(20(27)21-3)9-14-11-22-16-7-5-4-6-15(14)16/h2*4-7,11-13,17,22,28H,8-10H2,1-3H3,(H,21,27)(H,23,26)(H,24,25)/t2*13-,17+/m11/s1. The summed E-state index contributed by atoms with van der Waals surface area (Å²) in [5.41, 5.74) is 6.87. The van der Waals surface area contributed by atoms with Crippen LogP contribution in [0.5, 0.6) is 0 Å². The molecule has 56 heavy (non-hydrogen) atoms. The fourth-order valence-electron chi connectivity index (χ4n) is 6.63. The van der Waals surface area contributed by atoms with Crippen molar-refractivity contribution in [2.75, 3.05) is 14.1 Å². The van der Waals surface area contributed by atoms with Crippen LogP contribution in [0.25, 0.3) is 21.8 Å². The first-order valence-corrected chi connectivity index (χ1v) is 18.7. The minimum Gasteiger partial charge on any atom is -0.361 e. The summed E-state index contributed by atoms with van der Waals surface area (Å²) in [5, 5.41) is 30.3. The van der Waals surface area contributed by atoms with E-state index in [2.05, 4.69) is 31.2 Å². The number of carbonyl (C=O) groups is 6. The Bertz CT molecular complexity index is 1800. The Morgan fingerprint density at radius 3 is 1.25 bits per heavy atom. The molecule has 0 unspecified atom stereocenters. The predicted octanol–water partition coefficient (Wildman–Crippen LogP) is 3.00. The summed E-state index contributed by atoms with van der Waals surface area (Å²) in [5.74, 6) is -3.57. The van der Waals surface area contributed by atoms with Crippen LogP contribution in [0.2, 0.25) is 0 Å². The van der Waals surface area contributed by atoms with E-state index in [0.717, 1.165) is 32.9 Å². The third-order valence-corrected chi connectivity index (χ3v) is 9.32. The molecule has 0 aliphatic carbocycles. The van der Waals surface area contributed by atoms with Crippen molar-refractivity contribution in [3.63, 3.8) is 0 Å². The van der Waals surface area contributed by atoms with Gasteiger partial charge >= 0.3 is 0 Å². The van der Waals surface area contributed by atoms with Crippen LogP contribution in [-0.4, -0.2) is 82.0 Å². The molecule has 4 atom stereocenters. The van der Waals surface area contributed by atoms with Gasteiger partial charge in [-0.1, -0.05) is 64.1 Å². The van der Waals surface area contributed by atoms with Gasteiger partial charge in [-0.25, -0.2) is 11.0 Å². The molecule has 2 aromatic heterocycles. The topological polar surface area (TPSA) is 247 Å². The average Bonchev–Trinajstić information content (AvgIpc) is 3.79. The molecule has 2 aromatic carbocycles. The number of para-hydroxylation sites is 2. The lowest BCUT2D eigenvalue weighted by atomic mass is 9.92. The molecule has 0 spiro atoms. The van der Waals surface area contributed by atoms with Crippen molar-refractivity contribution >= 4 is 57.2 Å². The fourth-order valence-corrected chi connectivity index (χ4v) is 6.63. The third kappa shape index (κ3) is 13.2. The lowest BCUT2D eigenvalue weighted by Crippen LogP contribution is -2.49. The van der Waals surface area contributed by atoms with Crippen LogP contribution in [0.1, 0.15) is 64.5 Å². The fraction of sp³-hybridized carbons (Fsp3) is 0.450. The van der Waals surface area contributed by atoms with Crippen molar-refractivity contribution < 1.29 is 39.2 Å². The summed E-state index contributed by atoms with van der Waals surface area (Å²) < 4.78 is 0. The molecule has 0 saturated carbocycles. The molecule has 0 radical (unpaired) electrons. The van der Waals surface area contributed by atoms with Crippen LogP contribution < -0.4 is 32.2 Å². The van der Waals surface area contributed by atoms with Gasteiger partial charge in [-0.05, 0) is 47.9 Å². The number of hydroxylamine groups is 2. The Balaban J connectivity index is 0.000000300. The maximum Gasteiger partial charge on any atom is 0.244 e. The van der Waals surface area contributed by atoms with Crippen LogP contribution in [0.15, 0.2) is 60.9 Å². The molecule has 16 heteroatoms. The molecule has 4 aromatic rings. The van der Waals surface area contributed by atoms with E-state index in [4.69, 9.17) is 10.4 Å². The molecule has 4 rings (SSSR count). The highest BCUT2D eigenvalue weighted by molar-refractivity contribution is 5.93. The van der Waals surface area contributed by atoms with Crippen molar-refractivity contribution in [2.45, 2.75) is 78.3 Å². The Morgan fingerprint density at radius 1 is 0.571 bits per heavy atom. The second-order valence-corrected chi connectivity index (χ2v) is 14.6. The van der Waals surface area contributed by atoms with Crippen molar-refractivity contribution in [2.24, 2.45) is 23.7 Å². The normalized spacial score (nSPS) is 13.2. The lowest BCUT2D eigenvalue weighted by molar-refractivity contribution is -0.136. The van der Waals surface area contributed by atoms with Gasteiger partial charge in [0.25, 0.3) is 0 Å². The minimum atomic E-state index is -0.774. The smallest absolute Gasteiger partial charge is 0.244 e. The van der Waals surface area contributed by atoms with Crippen LogP contribution in [0.4, 0.5) is 0 Å². The minimum absolute atomic E-state index is 0.145. The highest BCUT2D eigenvalue weighted by Crippen LogP contribution is 2.22. The van der Waals surface area contributed by atoms with E-state index >= 15 is 0 Å². The van der Waals surface area contributed by atoms with Crippen LogP contribution in [0.3, 0.4) is 0 Å². The van der Waals surface area contributed by atoms with Crippen molar-refractivity contribution in [1.29, 1.82) is 0 Å². The molecular weight excluding hydrogens is 720 g/mol. The van der Waals surface area contributed by atoms with Gasteiger partial charge in [-0.2, -0.15) is 0 Å². The SMILES string of the molecule is CNC(=O)[C@H](Cc1c[nH]c2ccccc12)NC(=O)[C@@H](CC(=O)NO)CC(C)C.CNC(=O)[C@H](Cc1c[nH]c2ccccc12)NC(=O)[C@@H](CC(=O)NO)CC(C)C. The quantitative estimate of drug-likeness (QED) is 0.0531. The molecule has 6 amide bonds. The number of aromatic nitrogens is 2. The van der Waals surface area contributed by atoms with Gasteiger partial charge in [0, 0.05) is 85.8 Å². The zero-order chi connectivity index (χ0) is 41.4. The number of nitrogens with one attached hydrogen (secondary N) is 8. The van der Waals surface area contributed by atoms with Crippen LogP contribution in [0, 0.1) is 23.7 Å². The lowest BCUT2D eigenvalue weighted by Gasteiger charge is -2.22. The monoisotopic (exact) mass is 776 g/mol. The van der Waals surface area contributed by atoms with Gasteiger partial charge in [-0.3, -0.25) is 39.2 Å². The summed E-state index contributed by atoms with van der Waals surface area (Å²) in [6, 6.07) is 13.9. The number of amides is 6. The van der Waals surface area contributed by atoms with Gasteiger partial charge in [0.2, 0.25) is 35.4 Å². The Morgan fingerprint density at radius 2 is 0.929 bits per heavy atom. The third-order valence-electron chi connectivity index (χ3n) is 9.32. The van der Waals surface area contributed by atoms with Gasteiger partial charge in [0.05, 0.1) is 0 Å². The van der Waals surface area contributed by atoms with E-state index in [1.54, 1.807) is 11.0 Å². The molecule has 10 N–H and O–H groups in total. The maximum absolute atomic E-state index is 12.8. The largest absolute Gasteiger partial charge is 0.361 e. The number of likely N-dealkylation sites (N-methyl/N-ethyl adjacent to an activating group) is 2. The highest BCUT2D eigenvalue weighted by atomic mass is 16.5. The average molecular weight is 777 g/mol. The van der Waals surface area contributed by atoms with Crippen molar-refractivity contribution in [3.05, 3.63) is 72.1 Å². The number of benzene rings is 2. The molecule has 0 saturated heterocycles. The van der Waals surface area contributed by atoms with E-state index in [0.29, 0.717) is 25.7 Å². The predicted molar refractivity (Wildman–Crippen MR) is 211 cm³/mol. The van der Waals surface area contributed by atoms with Crippen molar-refractivity contribution in [1.82, 2.24) is 42.2 Å². The molecular formula is C40H56N8O8. The number of hydrogen-bond donors (Lipinski definition) is 10.